The van der Waals surface area contributed by atoms with E-state index in [1.54, 1.807) is 0 Å². The van der Waals surface area contributed by atoms with E-state index in [0.29, 0.717) is 0 Å². The van der Waals surface area contributed by atoms with Gasteiger partial charge in [0.15, 0.2) is 0 Å². The second-order valence-electron chi connectivity index (χ2n) is 5.46. The summed E-state index contributed by atoms with van der Waals surface area (Å²) in [4.78, 5) is 2.43. The van der Waals surface area contributed by atoms with Gasteiger partial charge in [0, 0.05) is 12.1 Å². The van der Waals surface area contributed by atoms with Crippen LogP contribution in [0.4, 0.5) is 0 Å². The van der Waals surface area contributed by atoms with E-state index in [1.165, 1.54) is 18.4 Å². The second-order valence-corrected chi connectivity index (χ2v) is 5.46. The van der Waals surface area contributed by atoms with Gasteiger partial charge in [0.05, 0.1) is 0 Å². The molecule has 0 bridgehead atoms. The predicted octanol–water partition coefficient (Wildman–Crippen LogP) is 3.07. The number of nitrogens with zero attached hydrogens (tertiary/aromatic N) is 1. The quantitative estimate of drug-likeness (QED) is 0.766. The summed E-state index contributed by atoms with van der Waals surface area (Å²) in [6.45, 7) is 6.38. The third-order valence-corrected chi connectivity index (χ3v) is 4.00. The number of rotatable bonds is 8. The Bertz CT molecular complexity index is 323. The number of hydrogen-bond donors (Lipinski definition) is 1. The minimum absolute atomic E-state index is 0.116. The van der Waals surface area contributed by atoms with Crippen LogP contribution in [0.15, 0.2) is 30.3 Å². The van der Waals surface area contributed by atoms with Gasteiger partial charge in [-0.1, -0.05) is 43.7 Å². The smallest absolute Gasteiger partial charge is 0.0303 e. The molecule has 0 saturated heterocycles. The summed E-state index contributed by atoms with van der Waals surface area (Å²) < 4.78 is 0. The molecule has 2 heteroatoms. The van der Waals surface area contributed by atoms with Gasteiger partial charge in [-0.05, 0) is 45.3 Å². The Hall–Kier alpha value is -0.860. The summed E-state index contributed by atoms with van der Waals surface area (Å²) in [6.07, 6.45) is 4.71. The number of nitrogens with two attached hydrogens (primary N) is 1. The highest BCUT2D eigenvalue weighted by Gasteiger charge is 2.26. The fraction of sp³-hybridized carbons (Fsp3) is 0.625. The van der Waals surface area contributed by atoms with Crippen molar-refractivity contribution >= 4 is 0 Å². The Morgan fingerprint density at radius 1 is 1.22 bits per heavy atom. The third-order valence-electron chi connectivity index (χ3n) is 4.00. The highest BCUT2D eigenvalue weighted by Crippen LogP contribution is 2.20. The van der Waals surface area contributed by atoms with Crippen LogP contribution in [0.1, 0.15) is 38.7 Å². The van der Waals surface area contributed by atoms with E-state index >= 15 is 0 Å². The highest BCUT2D eigenvalue weighted by atomic mass is 15.2. The van der Waals surface area contributed by atoms with Crippen molar-refractivity contribution in [3.63, 3.8) is 0 Å². The lowest BCUT2D eigenvalue weighted by molar-refractivity contribution is 0.132. The maximum Gasteiger partial charge on any atom is 0.0303 e. The van der Waals surface area contributed by atoms with Crippen molar-refractivity contribution in [1.82, 2.24) is 4.90 Å². The van der Waals surface area contributed by atoms with Crippen LogP contribution in [0.5, 0.6) is 0 Å². The summed E-state index contributed by atoms with van der Waals surface area (Å²) in [7, 11) is 2.20. The van der Waals surface area contributed by atoms with Gasteiger partial charge < -0.3 is 5.73 Å². The molecule has 2 nitrogen and oxygen atoms in total. The second kappa shape index (κ2) is 7.55. The number of benzene rings is 1. The lowest BCUT2D eigenvalue weighted by Crippen LogP contribution is -2.50. The van der Waals surface area contributed by atoms with E-state index in [-0.39, 0.29) is 5.54 Å². The zero-order chi connectivity index (χ0) is 13.4. The SMILES string of the molecule is CCCCN(C)C(C)(CN)CCc1ccccc1. The van der Waals surface area contributed by atoms with Crippen molar-refractivity contribution in [3.8, 4) is 0 Å². The lowest BCUT2D eigenvalue weighted by atomic mass is 9.91. The molecule has 0 aliphatic carbocycles. The van der Waals surface area contributed by atoms with Crippen molar-refractivity contribution in [3.05, 3.63) is 35.9 Å². The Morgan fingerprint density at radius 2 is 1.89 bits per heavy atom. The summed E-state index contributed by atoms with van der Waals surface area (Å²) in [5, 5.41) is 0. The Labute approximate surface area is 112 Å². The van der Waals surface area contributed by atoms with Crippen molar-refractivity contribution < 1.29 is 0 Å². The van der Waals surface area contributed by atoms with Crippen LogP contribution < -0.4 is 5.73 Å². The van der Waals surface area contributed by atoms with Gasteiger partial charge in [0.1, 0.15) is 0 Å². The van der Waals surface area contributed by atoms with E-state index in [4.69, 9.17) is 5.73 Å². The molecule has 0 heterocycles. The van der Waals surface area contributed by atoms with Crippen LogP contribution in [0, 0.1) is 0 Å². The molecule has 1 aromatic carbocycles. The first-order chi connectivity index (χ1) is 8.62. The number of likely N-dealkylation sites (N-methyl/N-ethyl adjacent to an activating group) is 1. The van der Waals surface area contributed by atoms with E-state index in [1.807, 2.05) is 0 Å². The van der Waals surface area contributed by atoms with Gasteiger partial charge in [-0.2, -0.15) is 0 Å². The molecule has 2 N–H and O–H groups in total. The van der Waals surface area contributed by atoms with Crippen molar-refractivity contribution in [2.45, 2.75) is 45.1 Å². The van der Waals surface area contributed by atoms with Crippen LogP contribution in [0.3, 0.4) is 0 Å². The van der Waals surface area contributed by atoms with E-state index in [2.05, 4.69) is 56.1 Å². The molecule has 102 valence electrons. The lowest BCUT2D eigenvalue weighted by Gasteiger charge is -2.38. The first-order valence-corrected chi connectivity index (χ1v) is 7.07. The first kappa shape index (κ1) is 15.2. The molecule has 0 saturated carbocycles. The molecule has 0 amide bonds. The fourth-order valence-corrected chi connectivity index (χ4v) is 2.17. The summed E-state index contributed by atoms with van der Waals surface area (Å²) in [6, 6.07) is 10.7. The van der Waals surface area contributed by atoms with Gasteiger partial charge in [-0.15, -0.1) is 0 Å². The molecule has 0 spiro atoms. The summed E-state index contributed by atoms with van der Waals surface area (Å²) in [5.74, 6) is 0. The van der Waals surface area contributed by atoms with E-state index in [9.17, 15) is 0 Å². The van der Waals surface area contributed by atoms with E-state index in [0.717, 1.165) is 25.9 Å². The minimum Gasteiger partial charge on any atom is -0.329 e. The van der Waals surface area contributed by atoms with Gasteiger partial charge in [-0.25, -0.2) is 0 Å². The number of hydrogen-bond acceptors (Lipinski definition) is 2. The largest absolute Gasteiger partial charge is 0.329 e. The van der Waals surface area contributed by atoms with Crippen molar-refractivity contribution in [1.29, 1.82) is 0 Å². The van der Waals surface area contributed by atoms with Gasteiger partial charge >= 0.3 is 0 Å². The van der Waals surface area contributed by atoms with Gasteiger partial charge in [0.25, 0.3) is 0 Å². The number of unbranched alkanes of at least 4 members (excludes halogenated alkanes) is 1. The van der Waals surface area contributed by atoms with Crippen molar-refractivity contribution in [2.24, 2.45) is 5.73 Å². The van der Waals surface area contributed by atoms with Crippen LogP contribution in [0.25, 0.3) is 0 Å². The Kier molecular flexibility index (Phi) is 6.37. The molecule has 1 unspecified atom stereocenters. The van der Waals surface area contributed by atoms with Gasteiger partial charge in [0.2, 0.25) is 0 Å². The summed E-state index contributed by atoms with van der Waals surface area (Å²) >= 11 is 0. The standard InChI is InChI=1S/C16H28N2/c1-4-5-13-18(3)16(2,14-17)12-11-15-9-7-6-8-10-15/h6-10H,4-5,11-14,17H2,1-3H3. The van der Waals surface area contributed by atoms with Crippen LogP contribution in [-0.4, -0.2) is 30.6 Å². The molecule has 18 heavy (non-hydrogen) atoms. The number of aryl methyl sites for hydroxylation is 1. The van der Waals surface area contributed by atoms with Crippen LogP contribution in [-0.2, 0) is 6.42 Å². The predicted molar refractivity (Wildman–Crippen MR) is 79.8 cm³/mol. The van der Waals surface area contributed by atoms with E-state index < -0.39 is 0 Å². The first-order valence-electron chi connectivity index (χ1n) is 7.07. The zero-order valence-corrected chi connectivity index (χ0v) is 12.2. The molecule has 1 rings (SSSR count). The maximum atomic E-state index is 6.00. The zero-order valence-electron chi connectivity index (χ0n) is 12.2. The molecule has 0 radical (unpaired) electrons. The third kappa shape index (κ3) is 4.43. The van der Waals surface area contributed by atoms with Crippen LogP contribution in [0.2, 0.25) is 0 Å². The monoisotopic (exact) mass is 248 g/mol. The van der Waals surface area contributed by atoms with Crippen LogP contribution >= 0.6 is 0 Å². The Balaban J connectivity index is 2.54. The maximum absolute atomic E-state index is 6.00. The average Bonchev–Trinajstić information content (AvgIpc) is 2.43. The van der Waals surface area contributed by atoms with Gasteiger partial charge in [-0.3, -0.25) is 4.90 Å². The molecular formula is C16H28N2. The molecule has 1 atom stereocenters. The average molecular weight is 248 g/mol. The highest BCUT2D eigenvalue weighted by molar-refractivity contribution is 5.15. The normalized spacial score (nSPS) is 14.7. The molecule has 0 fully saturated rings. The molecular weight excluding hydrogens is 220 g/mol. The molecule has 0 aliphatic rings. The molecule has 0 aromatic heterocycles. The minimum atomic E-state index is 0.116. The summed E-state index contributed by atoms with van der Waals surface area (Å²) in [5.41, 5.74) is 7.52. The van der Waals surface area contributed by atoms with Crippen molar-refractivity contribution in [2.75, 3.05) is 20.1 Å². The molecule has 0 aliphatic heterocycles. The topological polar surface area (TPSA) is 29.3 Å². The molecule has 1 aromatic rings. The Morgan fingerprint density at radius 3 is 2.44 bits per heavy atom. The fourth-order valence-electron chi connectivity index (χ4n) is 2.17.